The molecule has 1 aliphatic heterocycles. The normalized spacial score (nSPS) is 20.5. The monoisotopic (exact) mass is 375 g/mol. The van der Waals surface area contributed by atoms with Crippen LogP contribution < -0.4 is 4.72 Å². The third-order valence-electron chi connectivity index (χ3n) is 5.18. The molecule has 0 saturated carbocycles. The van der Waals surface area contributed by atoms with E-state index in [1.165, 1.54) is 18.4 Å². The lowest BCUT2D eigenvalue weighted by molar-refractivity contribution is 0.00401. The summed E-state index contributed by atoms with van der Waals surface area (Å²) in [6.07, 6.45) is 11.1. The lowest BCUT2D eigenvalue weighted by Gasteiger charge is -2.22. The van der Waals surface area contributed by atoms with E-state index in [4.69, 9.17) is 4.74 Å². The van der Waals surface area contributed by atoms with E-state index in [0.717, 1.165) is 44.3 Å². The van der Waals surface area contributed by atoms with Gasteiger partial charge in [0, 0.05) is 12.8 Å². The summed E-state index contributed by atoms with van der Waals surface area (Å²) in [4.78, 5) is 0.321. The van der Waals surface area contributed by atoms with E-state index in [1.54, 1.807) is 23.1 Å². The molecular formula is C19H25N3O3S. The third kappa shape index (κ3) is 3.94. The van der Waals surface area contributed by atoms with Crippen molar-refractivity contribution in [3.8, 4) is 0 Å². The van der Waals surface area contributed by atoms with E-state index in [9.17, 15) is 8.42 Å². The maximum atomic E-state index is 12.7. The Bertz CT molecular complexity index is 870. The summed E-state index contributed by atoms with van der Waals surface area (Å²) < 4.78 is 35.5. The number of aryl methyl sites for hydroxylation is 2. The molecule has 1 atom stereocenters. The number of sulfonamides is 1. The fourth-order valence-electron chi connectivity index (χ4n) is 3.77. The number of anilines is 1. The van der Waals surface area contributed by atoms with Crippen molar-refractivity contribution in [2.75, 3.05) is 11.3 Å². The zero-order chi connectivity index (χ0) is 18.0. The Morgan fingerprint density at radius 1 is 1.15 bits per heavy atom. The molecule has 140 valence electrons. The van der Waals surface area contributed by atoms with Crippen LogP contribution in [-0.4, -0.2) is 30.9 Å². The van der Waals surface area contributed by atoms with E-state index in [0.29, 0.717) is 17.1 Å². The number of hydrogen-bond acceptors (Lipinski definition) is 4. The number of fused-ring (bicyclic) bond motifs is 1. The van der Waals surface area contributed by atoms with Crippen LogP contribution in [0.25, 0.3) is 0 Å². The molecule has 2 aromatic rings. The lowest BCUT2D eigenvalue weighted by Crippen LogP contribution is -2.24. The molecule has 0 amide bonds. The second-order valence-electron chi connectivity index (χ2n) is 7.18. The molecule has 0 radical (unpaired) electrons. The minimum atomic E-state index is -3.60. The summed E-state index contributed by atoms with van der Waals surface area (Å²) in [6.45, 7) is 1.45. The number of benzene rings is 1. The van der Waals surface area contributed by atoms with Gasteiger partial charge < -0.3 is 4.74 Å². The molecule has 1 aliphatic carbocycles. The first-order valence-electron chi connectivity index (χ1n) is 9.39. The Morgan fingerprint density at radius 2 is 2.00 bits per heavy atom. The zero-order valence-corrected chi connectivity index (χ0v) is 15.7. The molecule has 2 heterocycles. The van der Waals surface area contributed by atoms with Gasteiger partial charge >= 0.3 is 0 Å². The molecule has 1 N–H and O–H groups in total. The minimum absolute atomic E-state index is 0.161. The molecule has 2 aliphatic rings. The molecular weight excluding hydrogens is 350 g/mol. The minimum Gasteiger partial charge on any atom is -0.376 e. The highest BCUT2D eigenvalue weighted by Crippen LogP contribution is 2.25. The van der Waals surface area contributed by atoms with Gasteiger partial charge in [-0.25, -0.2) is 8.42 Å². The summed E-state index contributed by atoms with van der Waals surface area (Å²) in [5, 5.41) is 4.27. The van der Waals surface area contributed by atoms with Crippen LogP contribution >= 0.6 is 0 Å². The average molecular weight is 375 g/mol. The van der Waals surface area contributed by atoms with E-state index in [2.05, 4.69) is 9.82 Å². The summed E-state index contributed by atoms with van der Waals surface area (Å²) in [6, 6.07) is 5.47. The molecule has 6 nitrogen and oxygen atoms in total. The topological polar surface area (TPSA) is 73.2 Å². The van der Waals surface area contributed by atoms with Crippen LogP contribution in [0, 0.1) is 0 Å². The third-order valence-corrected chi connectivity index (χ3v) is 6.56. The van der Waals surface area contributed by atoms with Crippen molar-refractivity contribution in [3.63, 3.8) is 0 Å². The van der Waals surface area contributed by atoms with Crippen molar-refractivity contribution >= 4 is 15.7 Å². The fraction of sp³-hybridized carbons (Fsp3) is 0.526. The van der Waals surface area contributed by atoms with Crippen molar-refractivity contribution in [2.45, 2.75) is 62.5 Å². The second kappa shape index (κ2) is 7.40. The van der Waals surface area contributed by atoms with Crippen LogP contribution in [0.4, 0.5) is 5.69 Å². The van der Waals surface area contributed by atoms with Crippen molar-refractivity contribution < 1.29 is 13.2 Å². The first-order valence-corrected chi connectivity index (χ1v) is 10.9. The number of nitrogens with one attached hydrogen (secondary N) is 1. The van der Waals surface area contributed by atoms with Crippen LogP contribution in [0.15, 0.2) is 35.5 Å². The zero-order valence-electron chi connectivity index (χ0n) is 14.9. The van der Waals surface area contributed by atoms with Gasteiger partial charge in [-0.3, -0.25) is 9.40 Å². The van der Waals surface area contributed by atoms with Crippen molar-refractivity contribution in [1.82, 2.24) is 9.78 Å². The van der Waals surface area contributed by atoms with Crippen LogP contribution in [0.3, 0.4) is 0 Å². The van der Waals surface area contributed by atoms with Gasteiger partial charge in [0.1, 0.15) is 0 Å². The first kappa shape index (κ1) is 17.5. The van der Waals surface area contributed by atoms with Crippen molar-refractivity contribution in [2.24, 2.45) is 0 Å². The molecule has 1 aromatic carbocycles. The molecule has 4 rings (SSSR count). The van der Waals surface area contributed by atoms with E-state index >= 15 is 0 Å². The summed E-state index contributed by atoms with van der Waals surface area (Å²) in [5.41, 5.74) is 2.92. The Hall–Kier alpha value is -1.86. The Kier molecular flexibility index (Phi) is 5.00. The molecule has 1 fully saturated rings. The Balaban J connectivity index is 1.46. The first-order chi connectivity index (χ1) is 12.6. The average Bonchev–Trinajstić information content (AvgIpc) is 3.08. The summed E-state index contributed by atoms with van der Waals surface area (Å²) in [5.74, 6) is 0. The van der Waals surface area contributed by atoms with E-state index < -0.39 is 10.0 Å². The van der Waals surface area contributed by atoms with Crippen LogP contribution in [0.5, 0.6) is 0 Å². The molecule has 0 spiro atoms. The van der Waals surface area contributed by atoms with Crippen LogP contribution in [-0.2, 0) is 34.1 Å². The summed E-state index contributed by atoms with van der Waals surface area (Å²) in [7, 11) is -3.60. The van der Waals surface area contributed by atoms with Crippen LogP contribution in [0.2, 0.25) is 0 Å². The Labute approximate surface area is 154 Å². The number of ether oxygens (including phenoxy) is 1. The smallest absolute Gasteiger partial charge is 0.262 e. The largest absolute Gasteiger partial charge is 0.376 e. The van der Waals surface area contributed by atoms with Gasteiger partial charge in [0.2, 0.25) is 0 Å². The highest BCUT2D eigenvalue weighted by atomic mass is 32.2. The molecule has 7 heteroatoms. The van der Waals surface area contributed by atoms with Crippen LogP contribution in [0.1, 0.15) is 43.2 Å². The van der Waals surface area contributed by atoms with Gasteiger partial charge in [-0.15, -0.1) is 0 Å². The second-order valence-corrected chi connectivity index (χ2v) is 8.87. The maximum Gasteiger partial charge on any atom is 0.262 e. The fourth-order valence-corrected chi connectivity index (χ4v) is 4.85. The molecule has 1 unspecified atom stereocenters. The number of rotatable bonds is 5. The maximum absolute atomic E-state index is 12.7. The highest BCUT2D eigenvalue weighted by Gasteiger charge is 2.19. The molecule has 0 bridgehead atoms. The van der Waals surface area contributed by atoms with Gasteiger partial charge in [-0.05, 0) is 68.2 Å². The number of aromatic nitrogens is 2. The van der Waals surface area contributed by atoms with Crippen molar-refractivity contribution in [3.05, 3.63) is 41.7 Å². The molecule has 1 aromatic heterocycles. The van der Waals surface area contributed by atoms with E-state index in [1.807, 2.05) is 12.1 Å². The number of nitrogens with zero attached hydrogens (tertiary/aromatic N) is 2. The predicted molar refractivity (Wildman–Crippen MR) is 99.7 cm³/mol. The standard InChI is InChI=1S/C19H25N3O3S/c23-26(24,19-9-8-15-5-1-2-6-16(15)11-19)21-17-12-20-22(13-17)14-18-7-3-4-10-25-18/h8-9,11-13,18,21H,1-7,10,14H2. The van der Waals surface area contributed by atoms with Gasteiger partial charge in [0.15, 0.2) is 0 Å². The quantitative estimate of drug-likeness (QED) is 0.871. The van der Waals surface area contributed by atoms with E-state index in [-0.39, 0.29) is 6.10 Å². The van der Waals surface area contributed by atoms with Gasteiger partial charge in [-0.1, -0.05) is 6.07 Å². The summed E-state index contributed by atoms with van der Waals surface area (Å²) >= 11 is 0. The lowest BCUT2D eigenvalue weighted by atomic mass is 9.92. The molecule has 1 saturated heterocycles. The highest BCUT2D eigenvalue weighted by molar-refractivity contribution is 7.92. The SMILES string of the molecule is O=S(=O)(Nc1cnn(CC2CCCCO2)c1)c1ccc2c(c1)CCCC2. The Morgan fingerprint density at radius 3 is 2.81 bits per heavy atom. The van der Waals surface area contributed by atoms with Crippen molar-refractivity contribution in [1.29, 1.82) is 0 Å². The predicted octanol–water partition coefficient (Wildman–Crippen LogP) is 3.13. The molecule has 26 heavy (non-hydrogen) atoms. The van der Waals surface area contributed by atoms with Gasteiger partial charge in [0.05, 0.1) is 29.4 Å². The van der Waals surface area contributed by atoms with Gasteiger partial charge in [0.25, 0.3) is 10.0 Å². The van der Waals surface area contributed by atoms with Gasteiger partial charge in [-0.2, -0.15) is 5.10 Å². The number of hydrogen-bond donors (Lipinski definition) is 1.